The quantitative estimate of drug-likeness (QED) is 0.366. The minimum atomic E-state index is -5.01. The number of alkyl halides is 6. The van der Waals surface area contributed by atoms with Gasteiger partial charge in [-0.15, -0.1) is 11.3 Å². The average Bonchev–Trinajstić information content (AvgIpc) is 3.16. The highest BCUT2D eigenvalue weighted by Crippen LogP contribution is 2.45. The fraction of sp³-hybridized carbons (Fsp3) is 0.263. The Morgan fingerprint density at radius 2 is 1.75 bits per heavy atom. The summed E-state index contributed by atoms with van der Waals surface area (Å²) in [5, 5.41) is 0.496. The lowest BCUT2D eigenvalue weighted by Gasteiger charge is -2.35. The van der Waals surface area contributed by atoms with Gasteiger partial charge in [0.2, 0.25) is 0 Å². The number of fused-ring (bicyclic) bond motifs is 1. The van der Waals surface area contributed by atoms with Crippen LogP contribution in [0.1, 0.15) is 35.3 Å². The molecule has 0 fully saturated rings. The third-order valence-electron chi connectivity index (χ3n) is 4.79. The fourth-order valence-corrected chi connectivity index (χ4v) is 4.61. The number of thiazole rings is 1. The summed E-state index contributed by atoms with van der Waals surface area (Å²) in [6.07, 6.45) is -4.54. The zero-order valence-electron chi connectivity index (χ0n) is 16.0. The van der Waals surface area contributed by atoms with E-state index in [9.17, 15) is 26.3 Å². The van der Waals surface area contributed by atoms with Gasteiger partial charge in [-0.25, -0.2) is 4.98 Å². The van der Waals surface area contributed by atoms with Gasteiger partial charge in [-0.1, -0.05) is 0 Å². The van der Waals surface area contributed by atoms with Crippen LogP contribution in [0.25, 0.3) is 10.7 Å². The number of rotatable bonds is 3. The summed E-state index contributed by atoms with van der Waals surface area (Å²) in [5.41, 5.74) is -2.74. The highest BCUT2D eigenvalue weighted by atomic mass is 79.9. The third kappa shape index (κ3) is 4.22. The van der Waals surface area contributed by atoms with E-state index in [2.05, 4.69) is 35.9 Å². The number of hydrogen-bond donors (Lipinski definition) is 0. The molecule has 1 atom stereocenters. The van der Waals surface area contributed by atoms with Crippen LogP contribution in [0, 0.1) is 0 Å². The van der Waals surface area contributed by atoms with Gasteiger partial charge in [-0.2, -0.15) is 26.3 Å². The van der Waals surface area contributed by atoms with Gasteiger partial charge in [0.05, 0.1) is 38.5 Å². The van der Waals surface area contributed by atoms with Gasteiger partial charge >= 0.3 is 12.4 Å². The first-order chi connectivity index (χ1) is 15.0. The van der Waals surface area contributed by atoms with Crippen LogP contribution in [0.15, 0.2) is 39.5 Å². The number of aromatic nitrogens is 3. The first kappa shape index (κ1) is 22.6. The van der Waals surface area contributed by atoms with E-state index in [4.69, 9.17) is 0 Å². The zero-order chi connectivity index (χ0) is 23.3. The second-order valence-electron chi connectivity index (χ2n) is 6.82. The normalized spacial score (nSPS) is 15.1. The Hall–Kier alpha value is -2.54. The largest absolute Gasteiger partial charge is 0.418 e. The molecule has 1 aromatic carbocycles. The van der Waals surface area contributed by atoms with Gasteiger partial charge in [0.25, 0.3) is 0 Å². The summed E-state index contributed by atoms with van der Waals surface area (Å²) < 4.78 is 82.0. The van der Waals surface area contributed by atoms with E-state index in [0.717, 1.165) is 10.0 Å². The molecule has 3 heterocycles. The average molecular weight is 536 g/mol. The summed E-state index contributed by atoms with van der Waals surface area (Å²) in [7, 11) is 0. The van der Waals surface area contributed by atoms with Gasteiger partial charge in [-0.05, 0) is 35.0 Å². The second kappa shape index (κ2) is 8.10. The second-order valence-corrected chi connectivity index (χ2v) is 9.23. The van der Waals surface area contributed by atoms with Crippen molar-refractivity contribution in [2.24, 2.45) is 4.99 Å². The number of nitrogens with zero attached hydrogens (tertiary/aromatic N) is 5. The van der Waals surface area contributed by atoms with Crippen molar-refractivity contribution in [1.29, 1.82) is 0 Å². The van der Waals surface area contributed by atoms with Crippen molar-refractivity contribution in [2.75, 3.05) is 11.6 Å². The molecule has 0 saturated heterocycles. The van der Waals surface area contributed by atoms with Crippen molar-refractivity contribution < 1.29 is 26.3 Å². The minimum absolute atomic E-state index is 0.132. The van der Waals surface area contributed by atoms with E-state index in [1.807, 2.05) is 0 Å². The van der Waals surface area contributed by atoms with Crippen LogP contribution in [0.3, 0.4) is 0 Å². The Morgan fingerprint density at radius 3 is 2.38 bits per heavy atom. The SMILES string of the molecule is CC(c1nccnc1-c1ncc(Br)s1)N1CN=Cc2cc(C(F)(F)F)cc(C(F)(F)F)c21. The molecule has 0 spiro atoms. The molecule has 0 amide bonds. The van der Waals surface area contributed by atoms with Crippen LogP contribution in [0.5, 0.6) is 0 Å². The first-order valence-electron chi connectivity index (χ1n) is 8.98. The summed E-state index contributed by atoms with van der Waals surface area (Å²) in [4.78, 5) is 18.1. The maximum Gasteiger partial charge on any atom is 0.418 e. The van der Waals surface area contributed by atoms with E-state index in [1.54, 1.807) is 13.1 Å². The maximum absolute atomic E-state index is 13.9. The van der Waals surface area contributed by atoms with Gasteiger partial charge in [-0.3, -0.25) is 15.0 Å². The Bertz CT molecular complexity index is 1190. The molecule has 2 aromatic heterocycles. The van der Waals surface area contributed by atoms with Gasteiger partial charge in [0.1, 0.15) is 17.4 Å². The summed E-state index contributed by atoms with van der Waals surface area (Å²) in [5.74, 6) is 0. The van der Waals surface area contributed by atoms with E-state index in [1.165, 1.54) is 28.6 Å². The Kier molecular flexibility index (Phi) is 5.74. The number of benzene rings is 1. The smallest absolute Gasteiger partial charge is 0.343 e. The van der Waals surface area contributed by atoms with Crippen molar-refractivity contribution in [3.05, 3.63) is 56.9 Å². The molecule has 1 unspecified atom stereocenters. The Balaban J connectivity index is 1.87. The molecule has 1 aliphatic rings. The highest BCUT2D eigenvalue weighted by Gasteiger charge is 2.42. The number of halogens is 7. The third-order valence-corrected chi connectivity index (χ3v) is 6.28. The molecular formula is C19H12BrF6N5S. The van der Waals surface area contributed by atoms with Crippen molar-refractivity contribution in [2.45, 2.75) is 25.3 Å². The van der Waals surface area contributed by atoms with E-state index in [-0.39, 0.29) is 24.0 Å². The molecule has 168 valence electrons. The molecule has 32 heavy (non-hydrogen) atoms. The van der Waals surface area contributed by atoms with Crippen molar-refractivity contribution in [1.82, 2.24) is 15.0 Å². The van der Waals surface area contributed by atoms with E-state index >= 15 is 0 Å². The van der Waals surface area contributed by atoms with Crippen LogP contribution in [-0.2, 0) is 12.4 Å². The lowest BCUT2D eigenvalue weighted by atomic mass is 9.98. The molecule has 5 nitrogen and oxygen atoms in total. The Morgan fingerprint density at radius 1 is 1.03 bits per heavy atom. The molecule has 0 N–H and O–H groups in total. The van der Waals surface area contributed by atoms with Crippen LogP contribution in [0.4, 0.5) is 32.0 Å². The van der Waals surface area contributed by atoms with Gasteiger partial charge in [0, 0.05) is 24.2 Å². The highest BCUT2D eigenvalue weighted by molar-refractivity contribution is 9.11. The number of aliphatic imine (C=N–C) groups is 1. The molecule has 0 aliphatic carbocycles. The minimum Gasteiger partial charge on any atom is -0.343 e. The molecule has 0 bridgehead atoms. The molecule has 0 saturated carbocycles. The standard InChI is InChI=1S/C19H12BrF6N5S/c1-9(14-15(29-3-2-28-14)17-30-7-13(20)32-17)31-8-27-6-10-4-11(18(21,22)23)5-12(16(10)31)19(24,25)26/h2-7,9H,8H2,1H3. The van der Waals surface area contributed by atoms with Crippen molar-refractivity contribution >= 4 is 39.2 Å². The molecular weight excluding hydrogens is 524 g/mol. The number of hydrogen-bond acceptors (Lipinski definition) is 6. The summed E-state index contributed by atoms with van der Waals surface area (Å²) in [6, 6.07) is 0.00538. The van der Waals surface area contributed by atoms with Gasteiger partial charge < -0.3 is 4.90 Å². The van der Waals surface area contributed by atoms with E-state index in [0.29, 0.717) is 22.5 Å². The predicted molar refractivity (Wildman–Crippen MR) is 111 cm³/mol. The topological polar surface area (TPSA) is 54.3 Å². The molecule has 0 radical (unpaired) electrons. The Labute approximate surface area is 190 Å². The summed E-state index contributed by atoms with van der Waals surface area (Å²) in [6.45, 7) is 1.40. The lowest BCUT2D eigenvalue weighted by molar-refractivity contribution is -0.142. The van der Waals surface area contributed by atoms with Crippen LogP contribution < -0.4 is 4.90 Å². The molecule has 13 heteroatoms. The predicted octanol–water partition coefficient (Wildman–Crippen LogP) is 6.36. The summed E-state index contributed by atoms with van der Waals surface area (Å²) >= 11 is 4.57. The van der Waals surface area contributed by atoms with Crippen LogP contribution in [-0.4, -0.2) is 27.8 Å². The van der Waals surface area contributed by atoms with Crippen LogP contribution in [0.2, 0.25) is 0 Å². The maximum atomic E-state index is 13.9. The fourth-order valence-electron chi connectivity index (χ4n) is 3.40. The molecule has 4 rings (SSSR count). The molecule has 3 aromatic rings. The van der Waals surface area contributed by atoms with Gasteiger partial charge in [0.15, 0.2) is 0 Å². The molecule has 1 aliphatic heterocycles. The van der Waals surface area contributed by atoms with E-state index < -0.39 is 29.5 Å². The lowest BCUT2D eigenvalue weighted by Crippen LogP contribution is -2.34. The monoisotopic (exact) mass is 535 g/mol. The number of anilines is 1. The van der Waals surface area contributed by atoms with Crippen LogP contribution >= 0.6 is 27.3 Å². The first-order valence-corrected chi connectivity index (χ1v) is 10.6. The van der Waals surface area contributed by atoms with Crippen molar-refractivity contribution in [3.8, 4) is 10.7 Å². The zero-order valence-corrected chi connectivity index (χ0v) is 18.4. The van der Waals surface area contributed by atoms with Crippen molar-refractivity contribution in [3.63, 3.8) is 0 Å².